The minimum atomic E-state index is -0.365. The summed E-state index contributed by atoms with van der Waals surface area (Å²) in [6.45, 7) is 3.63. The van der Waals surface area contributed by atoms with E-state index in [1.807, 2.05) is 7.11 Å². The third kappa shape index (κ3) is 2.92. The van der Waals surface area contributed by atoms with Gasteiger partial charge in [-0.25, -0.2) is 4.84 Å². The third-order valence-corrected chi connectivity index (χ3v) is 9.84. The molecule has 0 spiro atoms. The van der Waals surface area contributed by atoms with E-state index in [0.29, 0.717) is 11.2 Å². The molecule has 1 saturated heterocycles. The van der Waals surface area contributed by atoms with Gasteiger partial charge in [0.1, 0.15) is 12.8 Å². The summed E-state index contributed by atoms with van der Waals surface area (Å²) in [6.07, 6.45) is 2.02. The first-order valence-corrected chi connectivity index (χ1v) is 14.4. The van der Waals surface area contributed by atoms with Crippen LogP contribution in [0.3, 0.4) is 0 Å². The number of likely N-dealkylation sites (N-methyl/N-ethyl adjacent to an activating group) is 1. The number of aromatic nitrogens is 2. The van der Waals surface area contributed by atoms with E-state index in [9.17, 15) is 4.79 Å². The second-order valence-corrected chi connectivity index (χ2v) is 11.7. The summed E-state index contributed by atoms with van der Waals surface area (Å²) in [5.41, 5.74) is 6.26. The molecule has 8 heteroatoms. The Morgan fingerprint density at radius 1 is 1.00 bits per heavy atom. The van der Waals surface area contributed by atoms with Crippen LogP contribution < -0.4 is 5.32 Å². The Bertz CT molecular complexity index is 1850. The van der Waals surface area contributed by atoms with Gasteiger partial charge in [-0.05, 0) is 24.1 Å². The van der Waals surface area contributed by atoms with Crippen LogP contribution in [0.5, 0.6) is 0 Å². The minimum absolute atomic E-state index is 0.000562. The maximum Gasteiger partial charge on any atom is 0.252 e. The minimum Gasteiger partial charge on any atom is -0.370 e. The number of benzene rings is 3. The van der Waals surface area contributed by atoms with Crippen LogP contribution in [0.15, 0.2) is 48.5 Å². The summed E-state index contributed by atoms with van der Waals surface area (Å²) in [5.74, 6) is 0.000562. The fourth-order valence-electron chi connectivity index (χ4n) is 7.95. The summed E-state index contributed by atoms with van der Waals surface area (Å²) in [4.78, 5) is 19.8. The average molecular weight is 540 g/mol. The normalized spacial score (nSPS) is 25.1. The zero-order chi connectivity index (χ0) is 27.3. The molecule has 1 amide bonds. The first-order chi connectivity index (χ1) is 19.5. The number of hydrogen-bond acceptors (Lipinski definition) is 4. The highest BCUT2D eigenvalue weighted by Crippen LogP contribution is 2.52. The molecule has 2 bridgehead atoms. The highest BCUT2D eigenvalue weighted by atomic mass is 16.7. The quantitative estimate of drug-likeness (QED) is 0.220. The van der Waals surface area contributed by atoms with Crippen molar-refractivity contribution in [1.82, 2.24) is 14.5 Å². The van der Waals surface area contributed by atoms with Crippen LogP contribution in [0.2, 0.25) is 0 Å². The number of nitrogens with one attached hydrogen (secondary N) is 1. The monoisotopic (exact) mass is 539 g/mol. The number of methoxy groups -OCH3 is 1. The number of carbonyl (C=O) groups excluding carboxylic acids is 1. The number of rotatable bonds is 6. The standard InChI is InChI=1S/C32H34N4O4/c1-5-6-15-36(2,39-4)23-16-24-34-21-13-9-8-12-19(21)26-27-20(17-33-31(27)37)25-18-11-7-10-14-22(18)35(28(25)29(26)34)32(40-24)30(23)38-3/h7-14,23-24,30,32H,5-6,15-17H2,1-4H3/p+1. The van der Waals surface area contributed by atoms with Gasteiger partial charge in [0.05, 0.1) is 48.2 Å². The van der Waals surface area contributed by atoms with Gasteiger partial charge in [-0.15, -0.1) is 0 Å². The molecule has 0 saturated carbocycles. The van der Waals surface area contributed by atoms with Crippen molar-refractivity contribution in [2.45, 2.75) is 57.3 Å². The number of amides is 1. The smallest absolute Gasteiger partial charge is 0.252 e. The van der Waals surface area contributed by atoms with Crippen molar-refractivity contribution in [3.63, 3.8) is 0 Å². The molecular formula is C32H35N4O4+. The summed E-state index contributed by atoms with van der Waals surface area (Å²) in [6, 6.07) is 17.0. The van der Waals surface area contributed by atoms with Gasteiger partial charge in [0.15, 0.2) is 18.4 Å². The Kier molecular flexibility index (Phi) is 5.20. The maximum atomic E-state index is 13.5. The summed E-state index contributed by atoms with van der Waals surface area (Å²) >= 11 is 0. The lowest BCUT2D eigenvalue weighted by Gasteiger charge is -2.47. The molecular weight excluding hydrogens is 504 g/mol. The van der Waals surface area contributed by atoms with E-state index >= 15 is 0 Å². The van der Waals surface area contributed by atoms with Gasteiger partial charge in [0.2, 0.25) is 0 Å². The number of para-hydroxylation sites is 2. The molecule has 5 atom stereocenters. The van der Waals surface area contributed by atoms with E-state index in [1.54, 1.807) is 7.11 Å². The topological polar surface area (TPSA) is 66.7 Å². The van der Waals surface area contributed by atoms with Crippen LogP contribution in [-0.2, 0) is 20.9 Å². The van der Waals surface area contributed by atoms with Gasteiger partial charge in [-0.3, -0.25) is 4.79 Å². The lowest BCUT2D eigenvalue weighted by molar-refractivity contribution is -1.11. The van der Waals surface area contributed by atoms with E-state index in [2.05, 4.69) is 77.0 Å². The van der Waals surface area contributed by atoms with Crippen molar-refractivity contribution in [3.8, 4) is 0 Å². The zero-order valence-corrected chi connectivity index (χ0v) is 23.4. The maximum absolute atomic E-state index is 13.5. The van der Waals surface area contributed by atoms with Gasteiger partial charge in [0, 0.05) is 35.2 Å². The zero-order valence-electron chi connectivity index (χ0n) is 23.4. The summed E-state index contributed by atoms with van der Waals surface area (Å²) < 4.78 is 18.7. The molecule has 40 heavy (non-hydrogen) atoms. The Labute approximate surface area is 232 Å². The second kappa shape index (κ2) is 8.54. The first-order valence-electron chi connectivity index (χ1n) is 14.4. The number of fused-ring (bicyclic) bond motifs is 13. The van der Waals surface area contributed by atoms with Crippen LogP contribution in [0.4, 0.5) is 0 Å². The Morgan fingerprint density at radius 2 is 1.68 bits per heavy atom. The van der Waals surface area contributed by atoms with Crippen LogP contribution in [0.1, 0.15) is 54.6 Å². The number of carbonyl (C=O) groups is 1. The molecule has 8 rings (SSSR count). The third-order valence-electron chi connectivity index (χ3n) is 9.84. The molecule has 3 aliphatic heterocycles. The Morgan fingerprint density at radius 3 is 2.38 bits per heavy atom. The highest BCUT2D eigenvalue weighted by Gasteiger charge is 2.53. The molecule has 5 unspecified atom stereocenters. The molecule has 5 aromatic rings. The van der Waals surface area contributed by atoms with Crippen molar-refractivity contribution < 1.29 is 23.8 Å². The number of hydrogen-bond donors (Lipinski definition) is 1. The summed E-state index contributed by atoms with van der Waals surface area (Å²) in [7, 11) is 5.79. The molecule has 2 aromatic heterocycles. The molecule has 3 aromatic carbocycles. The lowest BCUT2D eigenvalue weighted by Crippen LogP contribution is -2.62. The van der Waals surface area contributed by atoms with E-state index in [-0.39, 0.29) is 30.5 Å². The molecule has 3 aliphatic rings. The van der Waals surface area contributed by atoms with Gasteiger partial charge >= 0.3 is 0 Å². The number of nitrogens with zero attached hydrogens (tertiary/aromatic N) is 3. The Balaban J connectivity index is 1.55. The van der Waals surface area contributed by atoms with Crippen molar-refractivity contribution in [2.75, 3.05) is 27.8 Å². The molecule has 1 fully saturated rings. The van der Waals surface area contributed by atoms with Crippen LogP contribution in [-0.4, -0.2) is 59.6 Å². The predicted molar refractivity (Wildman–Crippen MR) is 155 cm³/mol. The number of unbranched alkanes of at least 4 members (excludes halogenated alkanes) is 1. The van der Waals surface area contributed by atoms with Crippen LogP contribution >= 0.6 is 0 Å². The van der Waals surface area contributed by atoms with Crippen molar-refractivity contribution in [1.29, 1.82) is 0 Å². The average Bonchev–Trinajstić information content (AvgIpc) is 3.62. The number of ether oxygens (including phenoxy) is 2. The van der Waals surface area contributed by atoms with Gasteiger partial charge in [-0.2, -0.15) is 4.65 Å². The van der Waals surface area contributed by atoms with Crippen molar-refractivity contribution in [2.24, 2.45) is 0 Å². The van der Waals surface area contributed by atoms with Crippen molar-refractivity contribution in [3.05, 3.63) is 59.7 Å². The molecule has 0 aliphatic carbocycles. The predicted octanol–water partition coefficient (Wildman–Crippen LogP) is 5.77. The largest absolute Gasteiger partial charge is 0.370 e. The van der Waals surface area contributed by atoms with Gasteiger partial charge in [-0.1, -0.05) is 49.7 Å². The fraction of sp³-hybridized carbons (Fsp3) is 0.406. The summed E-state index contributed by atoms with van der Waals surface area (Å²) in [5, 5.41) is 7.53. The van der Waals surface area contributed by atoms with Crippen molar-refractivity contribution >= 4 is 49.5 Å². The van der Waals surface area contributed by atoms with E-state index in [1.165, 1.54) is 0 Å². The Hall–Kier alpha value is -3.43. The number of quaternary nitrogens is 1. The SMILES string of the molecule is CCCC[N+](C)(OC)C1CC2OC(C1OC)n1c3ccccc3c3c4c(c5c6ccccc6n2c5c31)C(=O)NC4. The highest BCUT2D eigenvalue weighted by molar-refractivity contribution is 6.30. The van der Waals surface area contributed by atoms with E-state index in [4.69, 9.17) is 14.3 Å². The van der Waals surface area contributed by atoms with E-state index < -0.39 is 0 Å². The van der Waals surface area contributed by atoms with E-state index in [0.717, 1.165) is 80.5 Å². The number of hydroxylamine groups is 3. The second-order valence-electron chi connectivity index (χ2n) is 11.7. The molecule has 5 heterocycles. The molecule has 8 nitrogen and oxygen atoms in total. The first kappa shape index (κ1) is 24.4. The van der Waals surface area contributed by atoms with Gasteiger partial charge in [0.25, 0.3) is 5.91 Å². The molecule has 1 N–H and O–H groups in total. The lowest BCUT2D eigenvalue weighted by atomic mass is 9.97. The fourth-order valence-corrected chi connectivity index (χ4v) is 7.95. The molecule has 206 valence electrons. The molecule has 0 radical (unpaired) electrons. The van der Waals surface area contributed by atoms with Crippen LogP contribution in [0, 0.1) is 0 Å². The van der Waals surface area contributed by atoms with Crippen LogP contribution in [0.25, 0.3) is 43.6 Å². The van der Waals surface area contributed by atoms with Gasteiger partial charge < -0.3 is 23.9 Å².